The highest BCUT2D eigenvalue weighted by Crippen LogP contribution is 2.65. The molecule has 0 heterocycles. The minimum atomic E-state index is -1.48. The molecule has 0 aromatic carbocycles. The van der Waals surface area contributed by atoms with E-state index in [-0.39, 0.29) is 5.41 Å². The summed E-state index contributed by atoms with van der Waals surface area (Å²) in [6, 6.07) is 1.30. The fraction of sp³-hybridized carbons (Fsp3) is 0.958. The number of Topliss-reactive ketones (excluding diaryl/α,β-unsaturated/α-hetero) is 1. The average Bonchev–Trinajstić information content (AvgIpc) is 2.90. The third-order valence-electron chi connectivity index (χ3n) is 9.66. The Labute approximate surface area is 168 Å². The zero-order chi connectivity index (χ0) is 19.4. The van der Waals surface area contributed by atoms with Crippen molar-refractivity contribution in [3.05, 3.63) is 0 Å². The van der Waals surface area contributed by atoms with Crippen molar-refractivity contribution in [2.24, 2.45) is 34.5 Å². The molecule has 0 N–H and O–H groups in total. The first kappa shape index (κ1) is 20.1. The van der Waals surface area contributed by atoms with E-state index in [4.69, 9.17) is 4.43 Å². The predicted octanol–water partition coefficient (Wildman–Crippen LogP) is 6.60. The summed E-state index contributed by atoms with van der Waals surface area (Å²) in [6.07, 6.45) is 13.0. The van der Waals surface area contributed by atoms with Gasteiger partial charge in [0.2, 0.25) is 0 Å². The van der Waals surface area contributed by atoms with E-state index in [1.54, 1.807) is 0 Å². The maximum absolute atomic E-state index is 12.6. The lowest BCUT2D eigenvalue weighted by Gasteiger charge is -2.60. The number of hydrogen-bond acceptors (Lipinski definition) is 2. The number of hydrogen-bond donors (Lipinski definition) is 0. The van der Waals surface area contributed by atoms with Gasteiger partial charge in [-0.15, -0.1) is 0 Å². The molecule has 0 amide bonds. The third-order valence-corrected chi connectivity index (χ3v) is 12.3. The van der Waals surface area contributed by atoms with Gasteiger partial charge in [-0.2, -0.15) is 0 Å². The van der Waals surface area contributed by atoms with Crippen LogP contribution < -0.4 is 0 Å². The van der Waals surface area contributed by atoms with Crippen LogP contribution in [-0.4, -0.2) is 20.2 Å². The Kier molecular flexibility index (Phi) is 5.20. The van der Waals surface area contributed by atoms with Crippen LogP contribution in [0, 0.1) is 34.5 Å². The summed E-state index contributed by atoms with van der Waals surface area (Å²) < 4.78 is 6.74. The molecule has 27 heavy (non-hydrogen) atoms. The molecule has 4 aliphatic rings. The van der Waals surface area contributed by atoms with Gasteiger partial charge in [0.1, 0.15) is 5.78 Å². The Hall–Kier alpha value is -0.153. The zero-order valence-electron chi connectivity index (χ0n) is 18.5. The summed E-state index contributed by atoms with van der Waals surface area (Å²) in [5, 5.41) is 0. The van der Waals surface area contributed by atoms with E-state index in [0.717, 1.165) is 30.6 Å². The van der Waals surface area contributed by atoms with Crippen molar-refractivity contribution in [3.63, 3.8) is 0 Å². The van der Waals surface area contributed by atoms with Gasteiger partial charge in [0.25, 0.3) is 0 Å². The molecular weight excluding hydrogens is 348 g/mol. The molecule has 2 nitrogen and oxygen atoms in total. The van der Waals surface area contributed by atoms with E-state index >= 15 is 0 Å². The highest BCUT2D eigenvalue weighted by Gasteiger charge is 2.60. The predicted molar refractivity (Wildman–Crippen MR) is 114 cm³/mol. The van der Waals surface area contributed by atoms with E-state index in [1.807, 2.05) is 0 Å². The molecule has 4 rings (SSSR count). The van der Waals surface area contributed by atoms with Gasteiger partial charge in [0.05, 0.1) is 0 Å². The normalized spacial score (nSPS) is 47.3. The molecule has 0 aliphatic heterocycles. The summed E-state index contributed by atoms with van der Waals surface area (Å²) in [6.45, 7) is 12.1. The van der Waals surface area contributed by atoms with Crippen LogP contribution in [-0.2, 0) is 9.22 Å². The third kappa shape index (κ3) is 3.29. The van der Waals surface area contributed by atoms with Crippen LogP contribution in [0.25, 0.3) is 0 Å². The molecule has 154 valence electrons. The Balaban J connectivity index is 1.47. The Morgan fingerprint density at radius 1 is 1.04 bits per heavy atom. The lowest BCUT2D eigenvalue weighted by atomic mass is 9.45. The summed E-state index contributed by atoms with van der Waals surface area (Å²) in [4.78, 5) is 12.6. The summed E-state index contributed by atoms with van der Waals surface area (Å²) in [5.74, 6) is 3.80. The largest absolute Gasteiger partial charge is 0.414 e. The van der Waals surface area contributed by atoms with Crippen molar-refractivity contribution in [2.45, 2.75) is 110 Å². The molecule has 0 aromatic rings. The van der Waals surface area contributed by atoms with E-state index in [9.17, 15) is 4.79 Å². The van der Waals surface area contributed by atoms with Gasteiger partial charge in [0.15, 0.2) is 8.32 Å². The van der Waals surface area contributed by atoms with Gasteiger partial charge < -0.3 is 4.43 Å². The van der Waals surface area contributed by atoms with E-state index in [0.29, 0.717) is 23.2 Å². The van der Waals surface area contributed by atoms with Gasteiger partial charge in [-0.05, 0) is 99.6 Å². The first-order chi connectivity index (χ1) is 12.7. The molecule has 0 saturated heterocycles. The molecule has 4 fully saturated rings. The van der Waals surface area contributed by atoms with Crippen LogP contribution >= 0.6 is 0 Å². The highest BCUT2D eigenvalue weighted by atomic mass is 28.4. The number of fused-ring (bicyclic) bond motifs is 5. The molecule has 0 radical (unpaired) electrons. The molecule has 0 aromatic heterocycles. The summed E-state index contributed by atoms with van der Waals surface area (Å²) in [5.41, 5.74) is 0.534. The van der Waals surface area contributed by atoms with Crippen LogP contribution in [0.15, 0.2) is 0 Å². The number of rotatable bonds is 4. The number of carbonyl (C=O) groups is 1. The molecule has 0 bridgehead atoms. The molecule has 4 aliphatic carbocycles. The van der Waals surface area contributed by atoms with Gasteiger partial charge >= 0.3 is 0 Å². The van der Waals surface area contributed by atoms with Crippen LogP contribution in [0.4, 0.5) is 0 Å². The number of carbonyl (C=O) groups excluding carboxylic acids is 1. The average molecular weight is 391 g/mol. The highest BCUT2D eigenvalue weighted by molar-refractivity contribution is 6.71. The van der Waals surface area contributed by atoms with Crippen molar-refractivity contribution in [1.82, 2.24) is 0 Å². The van der Waals surface area contributed by atoms with Crippen LogP contribution in [0.3, 0.4) is 0 Å². The zero-order valence-corrected chi connectivity index (χ0v) is 19.5. The van der Waals surface area contributed by atoms with Gasteiger partial charge in [0, 0.05) is 17.9 Å². The van der Waals surface area contributed by atoms with Crippen molar-refractivity contribution in [1.29, 1.82) is 0 Å². The standard InChI is InChI=1S/C24H42O2Si/c1-6-15-27(4,5)26-18-11-13-23(2)17(16-18)7-8-19-20-9-10-22(25)24(20,3)14-12-21(19)23/h17-21H,6-16H2,1-5H3. The molecule has 4 saturated carbocycles. The maximum Gasteiger partial charge on any atom is 0.187 e. The quantitative estimate of drug-likeness (QED) is 0.506. The van der Waals surface area contributed by atoms with E-state index in [2.05, 4.69) is 33.9 Å². The van der Waals surface area contributed by atoms with Gasteiger partial charge in [-0.1, -0.05) is 27.2 Å². The van der Waals surface area contributed by atoms with Crippen molar-refractivity contribution >= 4 is 14.1 Å². The van der Waals surface area contributed by atoms with Crippen molar-refractivity contribution in [3.8, 4) is 0 Å². The van der Waals surface area contributed by atoms with E-state index in [1.165, 1.54) is 57.4 Å². The summed E-state index contributed by atoms with van der Waals surface area (Å²) >= 11 is 0. The fourth-order valence-electron chi connectivity index (χ4n) is 8.21. The van der Waals surface area contributed by atoms with Crippen LogP contribution in [0.1, 0.15) is 85.0 Å². The SMILES string of the molecule is CCC[Si](C)(C)OC1CCC2(C)C(CCC3C4CCC(=O)C4(C)CCC32)C1. The molecule has 7 atom stereocenters. The maximum atomic E-state index is 12.6. The second kappa shape index (κ2) is 6.97. The summed E-state index contributed by atoms with van der Waals surface area (Å²) in [7, 11) is -1.48. The second-order valence-electron chi connectivity index (χ2n) is 11.6. The lowest BCUT2D eigenvalue weighted by Crippen LogP contribution is -2.54. The minimum Gasteiger partial charge on any atom is -0.414 e. The molecule has 3 heteroatoms. The van der Waals surface area contributed by atoms with Crippen LogP contribution in [0.5, 0.6) is 0 Å². The first-order valence-electron chi connectivity index (χ1n) is 11.9. The van der Waals surface area contributed by atoms with Crippen LogP contribution in [0.2, 0.25) is 19.1 Å². The monoisotopic (exact) mass is 390 g/mol. The minimum absolute atomic E-state index is 0.0282. The Bertz CT molecular complexity index is 587. The topological polar surface area (TPSA) is 26.3 Å². The Morgan fingerprint density at radius 2 is 1.81 bits per heavy atom. The lowest BCUT2D eigenvalue weighted by molar-refractivity contribution is -0.141. The molecule has 0 spiro atoms. The molecule has 7 unspecified atom stereocenters. The van der Waals surface area contributed by atoms with Gasteiger partial charge in [-0.3, -0.25) is 4.79 Å². The smallest absolute Gasteiger partial charge is 0.187 e. The first-order valence-corrected chi connectivity index (χ1v) is 15.0. The fourth-order valence-corrected chi connectivity index (χ4v) is 10.6. The number of ketones is 1. The van der Waals surface area contributed by atoms with Crippen molar-refractivity contribution in [2.75, 3.05) is 0 Å². The molecular formula is C24H42O2Si. The second-order valence-corrected chi connectivity index (χ2v) is 15.9. The van der Waals surface area contributed by atoms with Gasteiger partial charge in [-0.25, -0.2) is 0 Å². The Morgan fingerprint density at radius 3 is 2.56 bits per heavy atom. The van der Waals surface area contributed by atoms with E-state index < -0.39 is 8.32 Å². The van der Waals surface area contributed by atoms with Crippen molar-refractivity contribution < 1.29 is 9.22 Å².